The molecule has 1 atom stereocenters. The second-order valence-electron chi connectivity index (χ2n) is 6.67. The molecular formula is C20H14F2N5O+. The van der Waals surface area contributed by atoms with Crippen molar-refractivity contribution in [2.45, 2.75) is 5.92 Å². The van der Waals surface area contributed by atoms with E-state index in [9.17, 15) is 0 Å². The summed E-state index contributed by atoms with van der Waals surface area (Å²) < 4.78 is 35.9. The summed E-state index contributed by atoms with van der Waals surface area (Å²) in [5.41, 5.74) is 0.132. The lowest BCUT2D eigenvalue weighted by molar-refractivity contribution is 0.0361. The number of hydrogen-bond donors (Lipinski definition) is 0. The molecule has 0 aliphatic carbocycles. The van der Waals surface area contributed by atoms with Gasteiger partial charge in [0.1, 0.15) is 18.8 Å². The van der Waals surface area contributed by atoms with Gasteiger partial charge in [0, 0.05) is 29.3 Å². The minimum absolute atomic E-state index is 0.0173. The zero-order valence-corrected chi connectivity index (χ0v) is 14.8. The molecule has 0 radical (unpaired) electrons. The third kappa shape index (κ3) is 2.42. The summed E-state index contributed by atoms with van der Waals surface area (Å²) in [6.07, 6.45) is 6.83. The van der Waals surface area contributed by atoms with Gasteiger partial charge < -0.3 is 4.52 Å². The number of quaternary nitrogens is 1. The van der Waals surface area contributed by atoms with E-state index in [0.29, 0.717) is 16.7 Å². The summed E-state index contributed by atoms with van der Waals surface area (Å²) in [5, 5.41) is 8.58. The molecular weight excluding hydrogens is 364 g/mol. The Morgan fingerprint density at radius 2 is 2.00 bits per heavy atom. The van der Waals surface area contributed by atoms with Gasteiger partial charge in [-0.25, -0.2) is 0 Å². The fourth-order valence-corrected chi connectivity index (χ4v) is 3.24. The van der Waals surface area contributed by atoms with Gasteiger partial charge in [0.15, 0.2) is 11.3 Å². The number of aromatic nitrogens is 3. The van der Waals surface area contributed by atoms with Gasteiger partial charge in [0.2, 0.25) is 0 Å². The van der Waals surface area contributed by atoms with Gasteiger partial charge >= 0.3 is 5.92 Å². The quantitative estimate of drug-likeness (QED) is 0.497. The predicted octanol–water partition coefficient (Wildman–Crippen LogP) is 4.36. The van der Waals surface area contributed by atoms with Crippen LogP contribution in [0.25, 0.3) is 22.0 Å². The Morgan fingerprint density at radius 1 is 1.11 bits per heavy atom. The maximum absolute atomic E-state index is 15.4. The highest BCUT2D eigenvalue weighted by Gasteiger charge is 2.41. The number of halogens is 2. The van der Waals surface area contributed by atoms with Crippen LogP contribution in [-0.2, 0) is 5.92 Å². The van der Waals surface area contributed by atoms with Crippen LogP contribution in [0.15, 0.2) is 70.6 Å². The van der Waals surface area contributed by atoms with Crippen molar-refractivity contribution in [2.24, 2.45) is 5.10 Å². The van der Waals surface area contributed by atoms with Gasteiger partial charge in [-0.05, 0) is 24.3 Å². The molecule has 5 rings (SSSR count). The highest BCUT2D eigenvalue weighted by molar-refractivity contribution is 5.81. The van der Waals surface area contributed by atoms with Crippen molar-refractivity contribution in [1.82, 2.24) is 19.7 Å². The topological polar surface area (TPSA) is 64.2 Å². The molecule has 6 nitrogen and oxygen atoms in total. The molecule has 3 aromatic heterocycles. The molecule has 0 amide bonds. The number of fused-ring (bicyclic) bond motifs is 2. The van der Waals surface area contributed by atoms with Gasteiger partial charge in [-0.3, -0.25) is 4.98 Å². The number of nitrogens with zero attached hydrogens (tertiary/aromatic N) is 5. The zero-order valence-electron chi connectivity index (χ0n) is 14.8. The molecule has 0 bridgehead atoms. The maximum Gasteiger partial charge on any atom is 0.320 e. The van der Waals surface area contributed by atoms with Crippen molar-refractivity contribution >= 4 is 34.0 Å². The molecule has 1 aromatic carbocycles. The largest absolute Gasteiger partial charge is 0.354 e. The van der Waals surface area contributed by atoms with E-state index < -0.39 is 11.6 Å². The Hall–Kier alpha value is -3.52. The monoisotopic (exact) mass is 378 g/mol. The van der Waals surface area contributed by atoms with Gasteiger partial charge in [-0.1, -0.05) is 22.4 Å². The molecule has 0 saturated heterocycles. The van der Waals surface area contributed by atoms with E-state index in [2.05, 4.69) is 20.2 Å². The smallest absolute Gasteiger partial charge is 0.320 e. The Balaban J connectivity index is 1.66. The van der Waals surface area contributed by atoms with Crippen molar-refractivity contribution in [3.63, 3.8) is 0 Å². The summed E-state index contributed by atoms with van der Waals surface area (Å²) in [6.45, 7) is 0. The van der Waals surface area contributed by atoms with E-state index in [0.717, 1.165) is 0 Å². The van der Waals surface area contributed by atoms with Crippen LogP contribution in [0.3, 0.4) is 0 Å². The number of rotatable bonds is 3. The Kier molecular flexibility index (Phi) is 3.41. The van der Waals surface area contributed by atoms with Crippen LogP contribution in [0.1, 0.15) is 11.3 Å². The van der Waals surface area contributed by atoms with Crippen molar-refractivity contribution in [1.29, 1.82) is 0 Å². The molecule has 1 unspecified atom stereocenters. The van der Waals surface area contributed by atoms with Crippen LogP contribution >= 0.6 is 0 Å². The standard InChI is InChI=1S/C20H14F2N5O/c1-27(11-3-10-24-27)17-8-7-16-18(25-17)19(26-28-16)20(21,22)14-5-6-15-13(12-14)4-2-9-23-15/h2-12H,1H3/q+1. The Labute approximate surface area is 158 Å². The van der Waals surface area contributed by atoms with Gasteiger partial charge in [0.05, 0.1) is 11.7 Å². The number of hydrogen-bond acceptors (Lipinski definition) is 5. The summed E-state index contributed by atoms with van der Waals surface area (Å²) in [6, 6.07) is 11.0. The summed E-state index contributed by atoms with van der Waals surface area (Å²) >= 11 is 0. The zero-order chi connectivity index (χ0) is 19.4. The van der Waals surface area contributed by atoms with Gasteiger partial charge in [0.25, 0.3) is 5.82 Å². The first-order valence-corrected chi connectivity index (χ1v) is 8.58. The second-order valence-corrected chi connectivity index (χ2v) is 6.67. The Morgan fingerprint density at radius 3 is 2.82 bits per heavy atom. The molecule has 1 aliphatic heterocycles. The van der Waals surface area contributed by atoms with E-state index >= 15 is 8.78 Å². The first-order valence-electron chi connectivity index (χ1n) is 8.58. The van der Waals surface area contributed by atoms with E-state index in [1.165, 1.54) is 12.1 Å². The molecule has 8 heteroatoms. The van der Waals surface area contributed by atoms with E-state index in [1.54, 1.807) is 62.1 Å². The lowest BCUT2D eigenvalue weighted by Crippen LogP contribution is -2.31. The van der Waals surface area contributed by atoms with Crippen LogP contribution in [-0.4, -0.2) is 28.4 Å². The van der Waals surface area contributed by atoms with Gasteiger partial charge in [-0.15, -0.1) is 4.59 Å². The third-order valence-corrected chi connectivity index (χ3v) is 4.80. The minimum atomic E-state index is -3.39. The SMILES string of the molecule is C[N+]1(c2ccc3onc(C(F)(F)c4ccc5ncccc5c4)c3n2)C=CC=N1. The fraction of sp³-hybridized carbons (Fsp3) is 0.100. The molecule has 0 saturated carbocycles. The van der Waals surface area contributed by atoms with Crippen molar-refractivity contribution in [2.75, 3.05) is 7.05 Å². The summed E-state index contributed by atoms with van der Waals surface area (Å²) in [7, 11) is 1.80. The first-order chi connectivity index (χ1) is 13.5. The number of alkyl halides is 2. The molecule has 138 valence electrons. The number of pyridine rings is 2. The summed E-state index contributed by atoms with van der Waals surface area (Å²) in [4.78, 5) is 8.57. The normalized spacial score (nSPS) is 19.1. The number of benzene rings is 1. The maximum atomic E-state index is 15.4. The molecule has 28 heavy (non-hydrogen) atoms. The molecule has 0 N–H and O–H groups in total. The average Bonchev–Trinajstić information content (AvgIpc) is 3.34. The van der Waals surface area contributed by atoms with Crippen molar-refractivity contribution in [3.05, 3.63) is 72.2 Å². The lowest BCUT2D eigenvalue weighted by Gasteiger charge is -2.18. The van der Waals surface area contributed by atoms with E-state index in [4.69, 9.17) is 4.52 Å². The predicted molar refractivity (Wildman–Crippen MR) is 102 cm³/mol. The fourth-order valence-electron chi connectivity index (χ4n) is 3.24. The van der Waals surface area contributed by atoms with Crippen LogP contribution in [0.4, 0.5) is 14.6 Å². The van der Waals surface area contributed by atoms with Crippen molar-refractivity contribution in [3.8, 4) is 0 Å². The average molecular weight is 378 g/mol. The highest BCUT2D eigenvalue weighted by Crippen LogP contribution is 2.40. The molecule has 1 aliphatic rings. The molecule has 4 heterocycles. The Bertz CT molecular complexity index is 1270. The molecule has 0 spiro atoms. The molecule has 4 aromatic rings. The van der Waals surface area contributed by atoms with Crippen LogP contribution in [0.5, 0.6) is 0 Å². The number of allylic oxidation sites excluding steroid dienone is 1. The van der Waals surface area contributed by atoms with Gasteiger partial charge in [-0.2, -0.15) is 13.8 Å². The highest BCUT2D eigenvalue weighted by atomic mass is 19.3. The van der Waals surface area contributed by atoms with Crippen molar-refractivity contribution < 1.29 is 13.3 Å². The van der Waals surface area contributed by atoms with E-state index in [-0.39, 0.29) is 21.3 Å². The lowest BCUT2D eigenvalue weighted by atomic mass is 10.0. The third-order valence-electron chi connectivity index (χ3n) is 4.80. The second kappa shape index (κ2) is 5.74. The van der Waals surface area contributed by atoms with Crippen LogP contribution < -0.4 is 4.59 Å². The van der Waals surface area contributed by atoms with Crippen LogP contribution in [0.2, 0.25) is 0 Å². The van der Waals surface area contributed by atoms with E-state index in [1.807, 2.05) is 0 Å². The first kappa shape index (κ1) is 16.6. The minimum Gasteiger partial charge on any atom is -0.354 e. The molecule has 0 fully saturated rings. The van der Waals surface area contributed by atoms with Crippen LogP contribution in [0, 0.1) is 0 Å². The summed E-state index contributed by atoms with van der Waals surface area (Å²) in [5.74, 6) is -2.90.